The van der Waals surface area contributed by atoms with Crippen molar-refractivity contribution in [2.24, 2.45) is 5.92 Å². The first-order chi connectivity index (χ1) is 27.9. The minimum atomic E-state index is -3.92. The van der Waals surface area contributed by atoms with Crippen LogP contribution in [0.3, 0.4) is 0 Å². The summed E-state index contributed by atoms with van der Waals surface area (Å²) >= 11 is 1.52. The van der Waals surface area contributed by atoms with E-state index in [0.29, 0.717) is 38.8 Å². The lowest BCUT2D eigenvalue weighted by atomic mass is 10.0. The van der Waals surface area contributed by atoms with Crippen molar-refractivity contribution < 1.29 is 41.9 Å². The molecular weight excluding hydrogens is 799 g/mol. The number of carbonyl (C=O) groups excluding carboxylic acids is 5. The van der Waals surface area contributed by atoms with E-state index in [4.69, 9.17) is 14.5 Å². The van der Waals surface area contributed by atoms with Crippen molar-refractivity contribution in [2.75, 3.05) is 11.9 Å². The third-order valence-corrected chi connectivity index (χ3v) is 13.8. The summed E-state index contributed by atoms with van der Waals surface area (Å²) in [4.78, 5) is 76.9. The quantitative estimate of drug-likeness (QED) is 0.262. The van der Waals surface area contributed by atoms with Gasteiger partial charge >= 0.3 is 12.2 Å². The van der Waals surface area contributed by atoms with Gasteiger partial charge in [-0.3, -0.25) is 24.0 Å². The summed E-state index contributed by atoms with van der Waals surface area (Å²) in [5, 5.41) is 11.0. The number of thiazole rings is 1. The summed E-state index contributed by atoms with van der Waals surface area (Å²) in [5.41, 5.74) is 1.30. The lowest BCUT2D eigenvalue weighted by Crippen LogP contribution is -2.58. The number of allylic oxidation sites excluding steroid dienone is 1. The Balaban J connectivity index is 1.10. The van der Waals surface area contributed by atoms with Gasteiger partial charge in [0.2, 0.25) is 21.8 Å². The maximum atomic E-state index is 14.5. The van der Waals surface area contributed by atoms with E-state index in [1.165, 1.54) is 16.2 Å². The number of aromatic nitrogens is 1. The van der Waals surface area contributed by atoms with Gasteiger partial charge in [0.1, 0.15) is 29.3 Å². The zero-order valence-corrected chi connectivity index (χ0v) is 35.9. The number of hydrogen-bond donors (Lipinski definition) is 4. The highest BCUT2D eigenvalue weighted by Gasteiger charge is 2.62. The number of benzene rings is 1. The molecule has 18 heteroatoms. The molecule has 1 saturated heterocycles. The zero-order valence-electron chi connectivity index (χ0n) is 34.2. The van der Waals surface area contributed by atoms with Crippen LogP contribution in [0.1, 0.15) is 104 Å². The molecule has 2 saturated carbocycles. The molecule has 1 aromatic carbocycles. The van der Waals surface area contributed by atoms with Gasteiger partial charge in [-0.15, -0.1) is 11.3 Å². The van der Waals surface area contributed by atoms with Crippen LogP contribution in [0.15, 0.2) is 35.7 Å². The van der Waals surface area contributed by atoms with E-state index < -0.39 is 80.4 Å². The van der Waals surface area contributed by atoms with Crippen molar-refractivity contribution in [1.29, 1.82) is 0 Å². The molecule has 5 aliphatic rings. The van der Waals surface area contributed by atoms with Gasteiger partial charge in [0.05, 0.1) is 17.5 Å². The van der Waals surface area contributed by atoms with E-state index in [2.05, 4.69) is 20.7 Å². The first kappa shape index (κ1) is 42.4. The van der Waals surface area contributed by atoms with Crippen molar-refractivity contribution in [2.45, 2.75) is 146 Å². The van der Waals surface area contributed by atoms with Gasteiger partial charge in [-0.1, -0.05) is 37.1 Å². The van der Waals surface area contributed by atoms with Crippen LogP contribution in [0.5, 0.6) is 0 Å². The predicted octanol–water partition coefficient (Wildman–Crippen LogP) is 4.95. The highest BCUT2D eigenvalue weighted by molar-refractivity contribution is 7.91. The van der Waals surface area contributed by atoms with Gasteiger partial charge in [0.15, 0.2) is 5.13 Å². The second-order valence-corrected chi connectivity index (χ2v) is 20.5. The normalized spacial score (nSPS) is 26.7. The smallest absolute Gasteiger partial charge is 0.410 e. The largest absolute Gasteiger partial charge is 0.444 e. The van der Waals surface area contributed by atoms with Gasteiger partial charge < -0.3 is 30.3 Å². The van der Waals surface area contributed by atoms with E-state index in [9.17, 15) is 32.4 Å². The lowest BCUT2D eigenvalue weighted by Gasteiger charge is -2.30. The first-order valence-corrected chi connectivity index (χ1v) is 23.0. The second kappa shape index (κ2) is 16.7. The molecule has 320 valence electrons. The van der Waals surface area contributed by atoms with Crippen LogP contribution in [-0.4, -0.2) is 100 Å². The number of nitrogens with one attached hydrogen (secondary N) is 4. The van der Waals surface area contributed by atoms with Crippen LogP contribution in [0.4, 0.5) is 14.7 Å². The highest BCUT2D eigenvalue weighted by atomic mass is 32.2. The molecule has 0 radical (unpaired) electrons. The average molecular weight is 854 g/mol. The standard InChI is InChI=1S/C41H55N7O9S2/c1-24(2)42-37-43-32(23-58-37)25-13-14-26-20-47(21-27(26)17-25)39(53)56-29-18-33-34(49)45-41(36(51)46-59(54,55)30-15-16-30)19-28(41)11-9-7-6-8-10-12-31(35(50)48(33)22-29)44-38(52)57-40(3,4)5/h9,11,13-14,17,23-24,28-31,33H,6-8,10,12,15-16,18-22H2,1-5H3,(H,42,43)(H,44,52)(H,45,49)(H,46,51)/b11-9-/t28?,29-,31+,33?,41?/m1/s1. The van der Waals surface area contributed by atoms with Crippen LogP contribution >= 0.6 is 11.3 Å². The molecular formula is C41H55N7O9S2. The van der Waals surface area contributed by atoms with Crippen molar-refractivity contribution in [3.8, 4) is 11.3 Å². The molecule has 2 aromatic rings. The molecule has 59 heavy (non-hydrogen) atoms. The molecule has 5 amide bonds. The SMILES string of the molecule is CC(C)Nc1nc(-c2ccc3c(c2)CN(C(=O)O[C@@H]2CC4C(=O)NC5(C(=O)NS(=O)(=O)C6CC6)CC5/C=C\CCCCC[C@H](NC(=O)OC(C)(C)C)C(=O)N4C2)C3)cs1. The topological polar surface area (TPSA) is 205 Å². The fourth-order valence-corrected chi connectivity index (χ4v) is 10.1. The molecule has 0 bridgehead atoms. The Morgan fingerprint density at radius 1 is 1.05 bits per heavy atom. The minimum absolute atomic E-state index is 0.0808. The van der Waals surface area contributed by atoms with Gasteiger partial charge in [0, 0.05) is 42.4 Å². The lowest BCUT2D eigenvalue weighted by molar-refractivity contribution is -0.141. The van der Waals surface area contributed by atoms with Gasteiger partial charge in [-0.2, -0.15) is 0 Å². The Labute approximate surface area is 349 Å². The van der Waals surface area contributed by atoms with E-state index in [0.717, 1.165) is 40.4 Å². The zero-order chi connectivity index (χ0) is 42.3. The monoisotopic (exact) mass is 853 g/mol. The van der Waals surface area contributed by atoms with Crippen molar-refractivity contribution in [3.63, 3.8) is 0 Å². The van der Waals surface area contributed by atoms with Gasteiger partial charge in [-0.05, 0) is 90.3 Å². The maximum Gasteiger partial charge on any atom is 0.410 e. The summed E-state index contributed by atoms with van der Waals surface area (Å²) in [7, 11) is -3.92. The van der Waals surface area contributed by atoms with E-state index in [1.54, 1.807) is 25.7 Å². The Bertz CT molecular complexity index is 2110. The number of carbonyl (C=O) groups is 5. The van der Waals surface area contributed by atoms with E-state index in [1.807, 2.05) is 49.6 Å². The van der Waals surface area contributed by atoms with Crippen LogP contribution < -0.4 is 20.7 Å². The Kier molecular flexibility index (Phi) is 12.0. The molecule has 3 fully saturated rings. The van der Waals surface area contributed by atoms with Crippen LogP contribution in [0, 0.1) is 5.92 Å². The molecule has 1 aromatic heterocycles. The minimum Gasteiger partial charge on any atom is -0.444 e. The fourth-order valence-electron chi connectivity index (χ4n) is 7.92. The summed E-state index contributed by atoms with van der Waals surface area (Å²) in [6, 6.07) is 3.97. The summed E-state index contributed by atoms with van der Waals surface area (Å²) in [5.74, 6) is -2.52. The average Bonchev–Trinajstić information content (AvgIpc) is 3.96. The number of hydrogen-bond acceptors (Lipinski definition) is 12. The van der Waals surface area contributed by atoms with Gasteiger partial charge in [-0.25, -0.2) is 23.0 Å². The van der Waals surface area contributed by atoms with Crippen molar-refractivity contribution in [1.82, 2.24) is 30.1 Å². The number of anilines is 1. The second-order valence-electron chi connectivity index (χ2n) is 17.6. The number of rotatable bonds is 8. The predicted molar refractivity (Wildman–Crippen MR) is 220 cm³/mol. The van der Waals surface area contributed by atoms with Crippen LogP contribution in [0.25, 0.3) is 11.3 Å². The molecule has 2 aliphatic carbocycles. The molecule has 4 N–H and O–H groups in total. The number of nitrogens with zero attached hydrogens (tertiary/aromatic N) is 3. The Morgan fingerprint density at radius 2 is 1.81 bits per heavy atom. The fraction of sp³-hybridized carbons (Fsp3) is 0.610. The number of sulfonamides is 1. The third kappa shape index (κ3) is 10.0. The number of ether oxygens (including phenoxy) is 2. The Hall–Kier alpha value is -4.71. The van der Waals surface area contributed by atoms with Crippen LogP contribution in [0.2, 0.25) is 0 Å². The summed E-state index contributed by atoms with van der Waals surface area (Å²) in [6.45, 7) is 9.70. The van der Waals surface area contributed by atoms with Crippen molar-refractivity contribution in [3.05, 3.63) is 46.9 Å². The number of alkyl carbamates (subject to hydrolysis) is 1. The molecule has 4 heterocycles. The molecule has 16 nitrogen and oxygen atoms in total. The first-order valence-electron chi connectivity index (χ1n) is 20.6. The molecule has 3 unspecified atom stereocenters. The van der Waals surface area contributed by atoms with Gasteiger partial charge in [0.25, 0.3) is 5.91 Å². The summed E-state index contributed by atoms with van der Waals surface area (Å²) < 4.78 is 39.4. The summed E-state index contributed by atoms with van der Waals surface area (Å²) in [6.07, 6.45) is 5.52. The van der Waals surface area contributed by atoms with E-state index >= 15 is 0 Å². The Morgan fingerprint density at radius 3 is 2.54 bits per heavy atom. The highest BCUT2D eigenvalue weighted by Crippen LogP contribution is 2.46. The van der Waals surface area contributed by atoms with Crippen LogP contribution in [-0.2, 0) is 47.0 Å². The molecule has 5 atom stereocenters. The van der Waals surface area contributed by atoms with E-state index in [-0.39, 0.29) is 31.8 Å². The van der Waals surface area contributed by atoms with Crippen molar-refractivity contribution >= 4 is 56.4 Å². The maximum absolute atomic E-state index is 14.5. The number of amides is 5. The molecule has 7 rings (SSSR count). The molecule has 3 aliphatic heterocycles. The third-order valence-electron chi connectivity index (χ3n) is 11.2. The number of fused-ring (bicyclic) bond motifs is 3. The molecule has 0 spiro atoms.